The number of benzene rings is 1. The van der Waals surface area contributed by atoms with Crippen LogP contribution in [0.5, 0.6) is 5.75 Å². The monoisotopic (exact) mass is 337 g/mol. The SMILES string of the molecule is COc1ccc(CN2CC(C)(C)c3c(Cl)nc(Cl)nc32)cc1. The van der Waals surface area contributed by atoms with E-state index in [0.717, 1.165) is 30.2 Å². The maximum absolute atomic E-state index is 6.29. The molecule has 0 unspecified atom stereocenters. The summed E-state index contributed by atoms with van der Waals surface area (Å²) in [7, 11) is 1.66. The van der Waals surface area contributed by atoms with Crippen LogP contribution >= 0.6 is 23.2 Å². The molecule has 1 aliphatic rings. The number of hydrogen-bond donors (Lipinski definition) is 0. The number of nitrogens with zero attached hydrogens (tertiary/aromatic N) is 3. The van der Waals surface area contributed by atoms with E-state index in [1.54, 1.807) is 7.11 Å². The van der Waals surface area contributed by atoms with Gasteiger partial charge in [-0.2, -0.15) is 0 Å². The van der Waals surface area contributed by atoms with Gasteiger partial charge in [0, 0.05) is 24.1 Å². The topological polar surface area (TPSA) is 38.2 Å². The van der Waals surface area contributed by atoms with Crippen molar-refractivity contribution in [3.05, 3.63) is 45.8 Å². The lowest BCUT2D eigenvalue weighted by atomic mass is 9.89. The summed E-state index contributed by atoms with van der Waals surface area (Å²) in [5.41, 5.74) is 2.03. The summed E-state index contributed by atoms with van der Waals surface area (Å²) in [5, 5.41) is 0.624. The van der Waals surface area contributed by atoms with Crippen molar-refractivity contribution in [2.45, 2.75) is 25.8 Å². The Morgan fingerprint density at radius 1 is 1.18 bits per heavy atom. The summed E-state index contributed by atoms with van der Waals surface area (Å²) in [6.07, 6.45) is 0. The second-order valence-corrected chi connectivity index (χ2v) is 6.77. The molecule has 0 saturated heterocycles. The summed E-state index contributed by atoms with van der Waals surface area (Å²) in [5.74, 6) is 1.67. The predicted molar refractivity (Wildman–Crippen MR) is 89.1 cm³/mol. The van der Waals surface area contributed by atoms with Gasteiger partial charge >= 0.3 is 0 Å². The van der Waals surface area contributed by atoms with Gasteiger partial charge in [-0.3, -0.25) is 0 Å². The van der Waals surface area contributed by atoms with Crippen molar-refractivity contribution in [3.63, 3.8) is 0 Å². The fourth-order valence-electron chi connectivity index (χ4n) is 2.92. The first-order valence-corrected chi connectivity index (χ1v) is 7.78. The number of rotatable bonds is 3. The van der Waals surface area contributed by atoms with Crippen LogP contribution in [0.25, 0.3) is 0 Å². The van der Waals surface area contributed by atoms with Crippen LogP contribution in [0.3, 0.4) is 0 Å². The molecule has 0 bridgehead atoms. The Balaban J connectivity index is 1.94. The number of methoxy groups -OCH3 is 1. The lowest BCUT2D eigenvalue weighted by Gasteiger charge is -2.21. The largest absolute Gasteiger partial charge is 0.497 e. The van der Waals surface area contributed by atoms with Crippen LogP contribution in [0.2, 0.25) is 10.4 Å². The molecule has 4 nitrogen and oxygen atoms in total. The minimum absolute atomic E-state index is 0.108. The minimum atomic E-state index is -0.108. The third-order valence-electron chi connectivity index (χ3n) is 3.91. The Hall–Kier alpha value is -1.52. The van der Waals surface area contributed by atoms with Crippen LogP contribution < -0.4 is 9.64 Å². The van der Waals surface area contributed by atoms with E-state index in [0.29, 0.717) is 5.15 Å². The number of anilines is 1. The van der Waals surface area contributed by atoms with Crippen molar-refractivity contribution in [1.29, 1.82) is 0 Å². The molecule has 0 atom stereocenters. The molecule has 2 aromatic rings. The summed E-state index contributed by atoms with van der Waals surface area (Å²) in [4.78, 5) is 10.7. The molecule has 116 valence electrons. The standard InChI is InChI=1S/C16H17Cl2N3O/c1-16(2)9-21(8-10-4-6-11(22-3)7-5-10)14-12(16)13(17)19-15(18)20-14/h4-7H,8-9H2,1-3H3. The van der Waals surface area contributed by atoms with E-state index in [2.05, 4.69) is 28.7 Å². The molecule has 0 saturated carbocycles. The molecule has 0 amide bonds. The van der Waals surface area contributed by atoms with Crippen molar-refractivity contribution in [3.8, 4) is 5.75 Å². The molecule has 0 radical (unpaired) electrons. The first-order chi connectivity index (χ1) is 10.4. The molecule has 1 aromatic carbocycles. The Bertz CT molecular complexity index is 701. The summed E-state index contributed by atoms with van der Waals surface area (Å²) in [6.45, 7) is 5.85. The van der Waals surface area contributed by atoms with E-state index < -0.39 is 0 Å². The maximum atomic E-state index is 6.29. The molecule has 2 heterocycles. The highest BCUT2D eigenvalue weighted by Gasteiger charge is 2.39. The molecule has 0 aliphatic carbocycles. The highest BCUT2D eigenvalue weighted by molar-refractivity contribution is 6.32. The smallest absolute Gasteiger partial charge is 0.225 e. The van der Waals surface area contributed by atoms with E-state index in [1.807, 2.05) is 24.3 Å². The van der Waals surface area contributed by atoms with Crippen molar-refractivity contribution in [2.24, 2.45) is 0 Å². The molecule has 22 heavy (non-hydrogen) atoms. The van der Waals surface area contributed by atoms with Gasteiger partial charge in [-0.05, 0) is 29.3 Å². The van der Waals surface area contributed by atoms with Crippen LogP contribution in [0.4, 0.5) is 5.82 Å². The Morgan fingerprint density at radius 2 is 1.86 bits per heavy atom. The van der Waals surface area contributed by atoms with E-state index in [9.17, 15) is 0 Å². The van der Waals surface area contributed by atoms with Crippen molar-refractivity contribution < 1.29 is 4.74 Å². The summed E-state index contributed by atoms with van der Waals surface area (Å²) in [6, 6.07) is 8.01. The number of aromatic nitrogens is 2. The van der Waals surface area contributed by atoms with Crippen molar-refractivity contribution >= 4 is 29.0 Å². The van der Waals surface area contributed by atoms with Crippen LogP contribution in [0.1, 0.15) is 25.0 Å². The zero-order chi connectivity index (χ0) is 15.9. The Kier molecular flexibility index (Phi) is 3.91. The van der Waals surface area contributed by atoms with Gasteiger partial charge in [-0.25, -0.2) is 9.97 Å². The normalized spacial score (nSPS) is 15.8. The molecule has 1 aromatic heterocycles. The number of fused-ring (bicyclic) bond motifs is 1. The van der Waals surface area contributed by atoms with Gasteiger partial charge in [0.05, 0.1) is 7.11 Å². The lowest BCUT2D eigenvalue weighted by Crippen LogP contribution is -2.28. The van der Waals surface area contributed by atoms with E-state index in [4.69, 9.17) is 27.9 Å². The van der Waals surface area contributed by atoms with Crippen LogP contribution in [-0.2, 0) is 12.0 Å². The number of hydrogen-bond acceptors (Lipinski definition) is 4. The van der Waals surface area contributed by atoms with Crippen LogP contribution in [0.15, 0.2) is 24.3 Å². The molecule has 6 heteroatoms. The van der Waals surface area contributed by atoms with Gasteiger partial charge < -0.3 is 9.64 Å². The van der Waals surface area contributed by atoms with E-state index >= 15 is 0 Å². The zero-order valence-corrected chi connectivity index (χ0v) is 14.2. The number of ether oxygens (including phenoxy) is 1. The zero-order valence-electron chi connectivity index (χ0n) is 12.7. The molecule has 0 spiro atoms. The average molecular weight is 338 g/mol. The summed E-state index contributed by atoms with van der Waals surface area (Å²) < 4.78 is 5.19. The fourth-order valence-corrected chi connectivity index (χ4v) is 3.55. The van der Waals surface area contributed by atoms with Gasteiger partial charge in [0.1, 0.15) is 16.7 Å². The summed E-state index contributed by atoms with van der Waals surface area (Å²) >= 11 is 12.3. The van der Waals surface area contributed by atoms with Gasteiger partial charge in [-0.1, -0.05) is 37.6 Å². The lowest BCUT2D eigenvalue weighted by molar-refractivity contribution is 0.414. The Labute approximate surface area is 140 Å². The molecule has 0 fully saturated rings. The highest BCUT2D eigenvalue weighted by atomic mass is 35.5. The third kappa shape index (κ3) is 2.73. The first kappa shape index (κ1) is 15.4. The van der Waals surface area contributed by atoms with Crippen molar-refractivity contribution in [1.82, 2.24) is 9.97 Å². The van der Waals surface area contributed by atoms with Gasteiger partial charge in [-0.15, -0.1) is 0 Å². The molecular formula is C16H17Cl2N3O. The second-order valence-electron chi connectivity index (χ2n) is 6.07. The van der Waals surface area contributed by atoms with Crippen LogP contribution in [-0.4, -0.2) is 23.6 Å². The van der Waals surface area contributed by atoms with Gasteiger partial charge in [0.25, 0.3) is 0 Å². The Morgan fingerprint density at radius 3 is 2.50 bits per heavy atom. The quantitative estimate of drug-likeness (QED) is 0.624. The van der Waals surface area contributed by atoms with Gasteiger partial charge in [0.2, 0.25) is 5.28 Å². The van der Waals surface area contributed by atoms with Gasteiger partial charge in [0.15, 0.2) is 0 Å². The molecular weight excluding hydrogens is 321 g/mol. The second kappa shape index (κ2) is 5.60. The van der Waals surface area contributed by atoms with E-state index in [1.165, 1.54) is 5.56 Å². The molecule has 0 N–H and O–H groups in total. The predicted octanol–water partition coefficient (Wildman–Crippen LogP) is 4.09. The third-order valence-corrected chi connectivity index (χ3v) is 4.36. The highest BCUT2D eigenvalue weighted by Crippen LogP contribution is 2.43. The first-order valence-electron chi connectivity index (χ1n) is 7.02. The average Bonchev–Trinajstić information content (AvgIpc) is 2.70. The fraction of sp³-hybridized carbons (Fsp3) is 0.375. The van der Waals surface area contributed by atoms with Crippen molar-refractivity contribution in [2.75, 3.05) is 18.6 Å². The van der Waals surface area contributed by atoms with E-state index in [-0.39, 0.29) is 10.7 Å². The number of halogens is 2. The maximum Gasteiger partial charge on any atom is 0.225 e. The molecule has 3 rings (SSSR count). The molecule has 1 aliphatic heterocycles. The minimum Gasteiger partial charge on any atom is -0.497 e. The van der Waals surface area contributed by atoms with Crippen LogP contribution in [0, 0.1) is 0 Å².